The van der Waals surface area contributed by atoms with Gasteiger partial charge in [0.25, 0.3) is 0 Å². The van der Waals surface area contributed by atoms with Gasteiger partial charge in [-0.05, 0) is 48.4 Å². The van der Waals surface area contributed by atoms with E-state index in [-0.39, 0.29) is 5.76 Å². The van der Waals surface area contributed by atoms with Crippen LogP contribution < -0.4 is 0 Å². The molecule has 0 spiro atoms. The van der Waals surface area contributed by atoms with Gasteiger partial charge in [0, 0.05) is 5.56 Å². The maximum Gasteiger partial charge on any atom is 0.796 e. The molecule has 0 aliphatic rings. The normalized spacial score (nSPS) is 11.4. The first-order valence-electron chi connectivity index (χ1n) is 9.92. The Hall–Kier alpha value is -2.43. The highest BCUT2D eigenvalue weighted by molar-refractivity contribution is 6.36. The summed E-state index contributed by atoms with van der Waals surface area (Å²) < 4.78 is 30.2. The average molecular weight is 384 g/mol. The molecule has 0 aliphatic heterocycles. The van der Waals surface area contributed by atoms with Gasteiger partial charge in [-0.2, -0.15) is 0 Å². The number of carbonyl (C=O) groups is 1. The van der Waals surface area contributed by atoms with Crippen LogP contribution in [0, 0.1) is 0 Å². The molecule has 0 N–H and O–H groups in total. The van der Waals surface area contributed by atoms with Crippen molar-refractivity contribution in [3.05, 3.63) is 76.5 Å². The molecule has 0 bridgehead atoms. The molecule has 0 saturated carbocycles. The highest BCUT2D eigenvalue weighted by Gasteiger charge is 2.24. The minimum Gasteiger partial charge on any atom is -0.502 e. The number of benzene rings is 2. The molecule has 0 heterocycles. The van der Waals surface area contributed by atoms with Crippen molar-refractivity contribution in [1.29, 1.82) is 0 Å². The Morgan fingerprint density at radius 3 is 1.86 bits per heavy atom. The molecule has 0 aromatic heterocycles. The zero-order valence-corrected chi connectivity index (χ0v) is 16.6. The molecule has 2 aromatic rings. The highest BCUT2D eigenvalue weighted by Crippen LogP contribution is 2.18. The average Bonchev–Trinajstić information content (AvgIpc) is 2.70. The molecule has 2 aromatic carbocycles. The number of hydrogen-bond acceptors (Lipinski definition) is 2. The summed E-state index contributed by atoms with van der Waals surface area (Å²) in [4.78, 5) is 12.7. The van der Waals surface area contributed by atoms with Gasteiger partial charge in [0.2, 0.25) is 5.78 Å². The fourth-order valence-electron chi connectivity index (χ4n) is 2.91. The molecular weight excluding hydrogens is 357 g/mol. The number of unbranched alkanes of at least 4 members (excludes halogenated alkanes) is 2. The first kappa shape index (κ1) is 21.9. The van der Waals surface area contributed by atoms with Crippen LogP contribution in [0.25, 0.3) is 6.08 Å². The molecule has 0 radical (unpaired) electrons. The maximum atomic E-state index is 12.9. The number of hydrogen-bond donors (Lipinski definition) is 0. The molecule has 0 saturated heterocycles. The van der Waals surface area contributed by atoms with Crippen LogP contribution in [0.2, 0.25) is 0 Å². The van der Waals surface area contributed by atoms with Crippen molar-refractivity contribution in [2.24, 2.45) is 0 Å². The van der Waals surface area contributed by atoms with Crippen LogP contribution in [0.5, 0.6) is 0 Å². The summed E-state index contributed by atoms with van der Waals surface area (Å²) in [6.07, 6.45) is 7.66. The number of ketones is 1. The topological polar surface area (TPSA) is 26.3 Å². The summed E-state index contributed by atoms with van der Waals surface area (Å²) in [6.45, 7) is 4.25. The number of Topliss-reactive ketones (excluding diaryl/α,β-unsaturated/α-hetero) is 1. The number of aryl methyl sites for hydroxylation is 2. The lowest BCUT2D eigenvalue weighted by Gasteiger charge is -2.09. The fraction of sp³-hybridized carbons (Fsp3) is 0.348. The van der Waals surface area contributed by atoms with E-state index in [1.54, 1.807) is 12.1 Å². The van der Waals surface area contributed by atoms with Crippen LogP contribution >= 0.6 is 0 Å². The van der Waals surface area contributed by atoms with Crippen LogP contribution in [-0.2, 0) is 17.5 Å². The number of rotatable bonds is 11. The molecule has 0 unspecified atom stereocenters. The van der Waals surface area contributed by atoms with E-state index in [4.69, 9.17) is 0 Å². The van der Waals surface area contributed by atoms with Crippen molar-refractivity contribution in [1.82, 2.24) is 0 Å². The van der Waals surface area contributed by atoms with Crippen molar-refractivity contribution in [2.75, 3.05) is 0 Å². The lowest BCUT2D eigenvalue weighted by molar-refractivity contribution is 0.0978. The Balaban J connectivity index is 2.19. The van der Waals surface area contributed by atoms with Crippen molar-refractivity contribution < 1.29 is 18.1 Å². The molecule has 148 valence electrons. The van der Waals surface area contributed by atoms with Gasteiger partial charge in [-0.15, -0.1) is 0 Å². The Bertz CT molecular complexity index is 768. The monoisotopic (exact) mass is 384 g/mol. The Morgan fingerprint density at radius 1 is 0.893 bits per heavy atom. The molecule has 0 fully saturated rings. The molecular formula is C23H27BF2O2. The quantitative estimate of drug-likeness (QED) is 0.190. The Labute approximate surface area is 166 Å². The van der Waals surface area contributed by atoms with E-state index in [1.807, 2.05) is 36.4 Å². The minimum atomic E-state index is -3.05. The molecule has 0 aliphatic carbocycles. The third kappa shape index (κ3) is 6.95. The summed E-state index contributed by atoms with van der Waals surface area (Å²) >= 11 is 0. The minimum absolute atomic E-state index is 0.340. The van der Waals surface area contributed by atoms with E-state index in [2.05, 4.69) is 18.5 Å². The van der Waals surface area contributed by atoms with E-state index in [1.165, 1.54) is 11.6 Å². The first-order chi connectivity index (χ1) is 13.5. The molecule has 2 rings (SSSR count). The van der Waals surface area contributed by atoms with Crippen LogP contribution in [0.15, 0.2) is 54.3 Å². The van der Waals surface area contributed by atoms with Gasteiger partial charge in [0.15, 0.2) is 5.76 Å². The number of allylic oxidation sites excluding steroid dienone is 1. The number of halogens is 2. The second-order valence-electron chi connectivity index (χ2n) is 6.86. The van der Waals surface area contributed by atoms with E-state index >= 15 is 0 Å². The van der Waals surface area contributed by atoms with E-state index in [0.29, 0.717) is 11.1 Å². The second-order valence-corrected chi connectivity index (χ2v) is 6.86. The van der Waals surface area contributed by atoms with Gasteiger partial charge >= 0.3 is 7.47 Å². The maximum absolute atomic E-state index is 12.9. The smallest absolute Gasteiger partial charge is 0.502 e. The first-order valence-corrected chi connectivity index (χ1v) is 9.92. The van der Waals surface area contributed by atoms with Crippen LogP contribution in [0.1, 0.15) is 66.6 Å². The third-order valence-electron chi connectivity index (χ3n) is 4.57. The van der Waals surface area contributed by atoms with Crippen molar-refractivity contribution >= 4 is 19.3 Å². The standard InChI is InChI=1S/C23H27BF2O2/c1-3-5-7-18-9-11-20(12-10-18)17-22(28-24(25)26)23(27)21-15-13-19(14-16-21)8-6-4-2/h9-17H,3-8H2,1-2H3/b22-17+. The summed E-state index contributed by atoms with van der Waals surface area (Å²) in [6, 6.07) is 14.6. The van der Waals surface area contributed by atoms with Gasteiger partial charge in [-0.25, -0.2) is 8.63 Å². The van der Waals surface area contributed by atoms with Crippen molar-refractivity contribution in [2.45, 2.75) is 52.4 Å². The molecule has 5 heteroatoms. The van der Waals surface area contributed by atoms with E-state index < -0.39 is 13.3 Å². The highest BCUT2D eigenvalue weighted by atomic mass is 19.2. The molecule has 2 nitrogen and oxygen atoms in total. The largest absolute Gasteiger partial charge is 0.796 e. The van der Waals surface area contributed by atoms with Gasteiger partial charge < -0.3 is 4.65 Å². The fourth-order valence-corrected chi connectivity index (χ4v) is 2.91. The summed E-state index contributed by atoms with van der Waals surface area (Å²) in [7, 11) is -3.05. The zero-order valence-electron chi connectivity index (χ0n) is 16.6. The zero-order chi connectivity index (χ0) is 20.4. The lowest BCUT2D eigenvalue weighted by atomic mass is 10.0. The summed E-state index contributed by atoms with van der Waals surface area (Å²) in [5.41, 5.74) is 3.31. The predicted molar refractivity (Wildman–Crippen MR) is 111 cm³/mol. The molecule has 28 heavy (non-hydrogen) atoms. The van der Waals surface area contributed by atoms with Gasteiger partial charge in [-0.3, -0.25) is 4.79 Å². The SMILES string of the molecule is CCCCc1ccc(/C=C(/OB(F)F)C(=O)c2ccc(CCCC)cc2)cc1. The van der Waals surface area contributed by atoms with Crippen molar-refractivity contribution in [3.8, 4) is 0 Å². The van der Waals surface area contributed by atoms with Crippen LogP contribution in [0.3, 0.4) is 0 Å². The Morgan fingerprint density at radius 2 is 1.39 bits per heavy atom. The number of carbonyl (C=O) groups excluding carboxylic acids is 1. The van der Waals surface area contributed by atoms with Crippen LogP contribution in [-0.4, -0.2) is 13.3 Å². The third-order valence-corrected chi connectivity index (χ3v) is 4.57. The summed E-state index contributed by atoms with van der Waals surface area (Å²) in [5.74, 6) is -0.894. The summed E-state index contributed by atoms with van der Waals surface area (Å²) in [5, 5.41) is 0. The second kappa shape index (κ2) is 11.4. The van der Waals surface area contributed by atoms with E-state index in [0.717, 1.165) is 44.1 Å². The van der Waals surface area contributed by atoms with Crippen LogP contribution in [0.4, 0.5) is 8.63 Å². The predicted octanol–water partition coefficient (Wildman–Crippen LogP) is 6.54. The van der Waals surface area contributed by atoms with Gasteiger partial charge in [0.1, 0.15) is 0 Å². The van der Waals surface area contributed by atoms with Crippen molar-refractivity contribution in [3.63, 3.8) is 0 Å². The van der Waals surface area contributed by atoms with Gasteiger partial charge in [-0.1, -0.05) is 75.2 Å². The molecule has 0 atom stereocenters. The van der Waals surface area contributed by atoms with Gasteiger partial charge in [0.05, 0.1) is 0 Å². The Kier molecular flexibility index (Phi) is 8.92. The molecule has 0 amide bonds. The van der Waals surface area contributed by atoms with E-state index in [9.17, 15) is 13.4 Å². The lowest BCUT2D eigenvalue weighted by Crippen LogP contribution is -2.13.